The summed E-state index contributed by atoms with van der Waals surface area (Å²) >= 11 is 0. The SMILES string of the molecule is Cc1ccc(C(c2ccc(C)o2)c2ccc(-c3ccc(N([O-])O)cc3)o2)o1. The quantitative estimate of drug-likeness (QED) is 0.462. The zero-order valence-electron chi connectivity index (χ0n) is 14.9. The Balaban J connectivity index is 1.71. The van der Waals surface area contributed by atoms with Crippen LogP contribution in [0.3, 0.4) is 0 Å². The van der Waals surface area contributed by atoms with Crippen molar-refractivity contribution in [3.63, 3.8) is 0 Å². The van der Waals surface area contributed by atoms with Crippen molar-refractivity contribution in [1.29, 1.82) is 0 Å². The van der Waals surface area contributed by atoms with Crippen molar-refractivity contribution in [2.24, 2.45) is 0 Å². The van der Waals surface area contributed by atoms with Gasteiger partial charge in [0.15, 0.2) is 0 Å². The molecule has 0 bridgehead atoms. The summed E-state index contributed by atoms with van der Waals surface area (Å²) < 4.78 is 17.8. The molecule has 0 saturated heterocycles. The van der Waals surface area contributed by atoms with E-state index in [2.05, 4.69) is 0 Å². The minimum absolute atomic E-state index is 0.153. The lowest BCUT2D eigenvalue weighted by atomic mass is 10.0. The zero-order chi connectivity index (χ0) is 19.0. The molecule has 0 saturated carbocycles. The van der Waals surface area contributed by atoms with Gasteiger partial charge in [0.05, 0.1) is 5.69 Å². The number of rotatable bonds is 5. The smallest absolute Gasteiger partial charge is 0.134 e. The van der Waals surface area contributed by atoms with E-state index >= 15 is 0 Å². The standard InChI is InChI=1S/C21H18NO5/c1-13-3-9-18(25-13)21(19-10-4-14(2)26-19)20-12-11-17(27-20)15-5-7-16(8-6-15)22(23)24/h3-12,21,23H,1-2H3/q-1. The van der Waals surface area contributed by atoms with Crippen LogP contribution in [0.15, 0.2) is 73.9 Å². The van der Waals surface area contributed by atoms with Gasteiger partial charge in [-0.2, -0.15) is 0 Å². The van der Waals surface area contributed by atoms with Crippen LogP contribution in [0, 0.1) is 19.1 Å². The summed E-state index contributed by atoms with van der Waals surface area (Å²) in [6.45, 7) is 3.78. The van der Waals surface area contributed by atoms with Crippen molar-refractivity contribution in [2.45, 2.75) is 19.8 Å². The van der Waals surface area contributed by atoms with Crippen LogP contribution in [0.1, 0.15) is 34.7 Å². The lowest BCUT2D eigenvalue weighted by Gasteiger charge is -2.21. The third-order valence-corrected chi connectivity index (χ3v) is 4.38. The fourth-order valence-electron chi connectivity index (χ4n) is 3.05. The van der Waals surface area contributed by atoms with Gasteiger partial charge in [-0.05, 0) is 74.5 Å². The second kappa shape index (κ2) is 6.83. The molecule has 6 nitrogen and oxygen atoms in total. The first-order valence-electron chi connectivity index (χ1n) is 8.50. The molecule has 0 aliphatic heterocycles. The highest BCUT2D eigenvalue weighted by Gasteiger charge is 2.26. The summed E-state index contributed by atoms with van der Waals surface area (Å²) in [7, 11) is 0. The molecule has 0 aliphatic carbocycles. The minimum atomic E-state index is -0.296. The van der Waals surface area contributed by atoms with E-state index in [1.165, 1.54) is 12.1 Å². The molecule has 27 heavy (non-hydrogen) atoms. The Morgan fingerprint density at radius 1 is 0.741 bits per heavy atom. The number of hydrogen-bond acceptors (Lipinski definition) is 6. The van der Waals surface area contributed by atoms with Gasteiger partial charge < -0.3 is 23.7 Å². The molecule has 138 valence electrons. The van der Waals surface area contributed by atoms with Gasteiger partial charge in [0.1, 0.15) is 40.5 Å². The number of nitrogens with zero attached hydrogens (tertiary/aromatic N) is 1. The molecule has 6 heteroatoms. The number of aryl methyl sites for hydroxylation is 2. The van der Waals surface area contributed by atoms with Crippen LogP contribution in [0.25, 0.3) is 11.3 Å². The molecule has 0 spiro atoms. The van der Waals surface area contributed by atoms with E-state index in [-0.39, 0.29) is 16.8 Å². The van der Waals surface area contributed by atoms with Crippen LogP contribution < -0.4 is 5.23 Å². The van der Waals surface area contributed by atoms with E-state index in [1.54, 1.807) is 12.1 Å². The molecular formula is C21H18NO5-. The second-order valence-corrected chi connectivity index (χ2v) is 6.35. The molecule has 1 N–H and O–H groups in total. The molecule has 0 amide bonds. The van der Waals surface area contributed by atoms with Crippen LogP contribution in [-0.2, 0) is 0 Å². The van der Waals surface area contributed by atoms with Gasteiger partial charge in [-0.15, -0.1) is 0 Å². The van der Waals surface area contributed by atoms with E-state index in [0.29, 0.717) is 11.5 Å². The van der Waals surface area contributed by atoms with E-state index in [1.807, 2.05) is 50.2 Å². The molecule has 0 aliphatic rings. The average molecular weight is 364 g/mol. The first kappa shape index (κ1) is 17.2. The highest BCUT2D eigenvalue weighted by atomic mass is 16.8. The molecule has 0 unspecified atom stereocenters. The molecule has 0 atom stereocenters. The van der Waals surface area contributed by atoms with Crippen molar-refractivity contribution < 1.29 is 18.5 Å². The molecular weight excluding hydrogens is 346 g/mol. The van der Waals surface area contributed by atoms with E-state index in [9.17, 15) is 5.21 Å². The Kier molecular flexibility index (Phi) is 4.35. The fraction of sp³-hybridized carbons (Fsp3) is 0.143. The monoisotopic (exact) mass is 364 g/mol. The zero-order valence-corrected chi connectivity index (χ0v) is 14.9. The number of hydrogen-bond donors (Lipinski definition) is 1. The normalized spacial score (nSPS) is 11.3. The van der Waals surface area contributed by atoms with Crippen molar-refractivity contribution in [2.75, 3.05) is 5.23 Å². The maximum atomic E-state index is 10.9. The van der Waals surface area contributed by atoms with Gasteiger partial charge in [0, 0.05) is 5.56 Å². The topological polar surface area (TPSA) is 86.0 Å². The molecule has 4 rings (SSSR count). The summed E-state index contributed by atoms with van der Waals surface area (Å²) in [5.74, 6) is 4.13. The fourth-order valence-corrected chi connectivity index (χ4v) is 3.05. The van der Waals surface area contributed by atoms with Crippen molar-refractivity contribution >= 4 is 5.69 Å². The number of benzene rings is 1. The maximum Gasteiger partial charge on any atom is 0.134 e. The van der Waals surface area contributed by atoms with Gasteiger partial charge in [-0.1, -0.05) is 0 Å². The highest BCUT2D eigenvalue weighted by molar-refractivity contribution is 5.62. The van der Waals surface area contributed by atoms with Gasteiger partial charge in [0.2, 0.25) is 0 Å². The molecule has 3 heterocycles. The third kappa shape index (κ3) is 3.40. The van der Waals surface area contributed by atoms with Crippen LogP contribution >= 0.6 is 0 Å². The maximum absolute atomic E-state index is 10.9. The molecule has 0 radical (unpaired) electrons. The lowest BCUT2D eigenvalue weighted by Crippen LogP contribution is -2.06. The van der Waals surface area contributed by atoms with E-state index in [0.717, 1.165) is 28.6 Å². The van der Waals surface area contributed by atoms with Crippen LogP contribution in [0.5, 0.6) is 0 Å². The predicted octanol–water partition coefficient (Wildman–Crippen LogP) is 5.62. The van der Waals surface area contributed by atoms with Crippen LogP contribution in [0.4, 0.5) is 5.69 Å². The first-order chi connectivity index (χ1) is 13.0. The van der Waals surface area contributed by atoms with Crippen LogP contribution in [0.2, 0.25) is 0 Å². The van der Waals surface area contributed by atoms with Gasteiger partial charge in [-0.3, -0.25) is 5.21 Å². The van der Waals surface area contributed by atoms with E-state index in [4.69, 9.17) is 18.5 Å². The van der Waals surface area contributed by atoms with E-state index < -0.39 is 0 Å². The highest BCUT2D eigenvalue weighted by Crippen LogP contribution is 2.37. The van der Waals surface area contributed by atoms with Gasteiger partial charge >= 0.3 is 0 Å². The Labute approximate surface area is 155 Å². The number of anilines is 1. The Morgan fingerprint density at radius 3 is 1.74 bits per heavy atom. The largest absolute Gasteiger partial charge is 0.733 e. The summed E-state index contributed by atoms with van der Waals surface area (Å²) in [5, 5.41) is 19.7. The second-order valence-electron chi connectivity index (χ2n) is 6.35. The van der Waals surface area contributed by atoms with Gasteiger partial charge in [0.25, 0.3) is 0 Å². The Morgan fingerprint density at radius 2 is 1.26 bits per heavy atom. The first-order valence-corrected chi connectivity index (χ1v) is 8.50. The summed E-state index contributed by atoms with van der Waals surface area (Å²) in [5.41, 5.74) is 0.942. The Bertz CT molecular complexity index is 998. The minimum Gasteiger partial charge on any atom is -0.733 e. The third-order valence-electron chi connectivity index (χ3n) is 4.38. The molecule has 0 fully saturated rings. The molecule has 1 aromatic carbocycles. The van der Waals surface area contributed by atoms with Crippen molar-refractivity contribution in [3.8, 4) is 11.3 Å². The van der Waals surface area contributed by atoms with Gasteiger partial charge in [-0.25, -0.2) is 0 Å². The van der Waals surface area contributed by atoms with Crippen LogP contribution in [-0.4, -0.2) is 5.21 Å². The summed E-state index contributed by atoms with van der Waals surface area (Å²) in [6, 6.07) is 17.9. The number of furan rings is 3. The molecule has 3 aromatic heterocycles. The predicted molar refractivity (Wildman–Crippen MR) is 99.6 cm³/mol. The average Bonchev–Trinajstić information content (AvgIpc) is 3.38. The Hall–Kier alpha value is -3.22. The van der Waals surface area contributed by atoms with Crippen molar-refractivity contribution in [1.82, 2.24) is 0 Å². The summed E-state index contributed by atoms with van der Waals surface area (Å²) in [6.07, 6.45) is 0. The molecule has 4 aromatic rings. The lowest BCUT2D eigenvalue weighted by molar-refractivity contribution is 0.296. The summed E-state index contributed by atoms with van der Waals surface area (Å²) in [4.78, 5) is 0. The van der Waals surface area contributed by atoms with Crippen molar-refractivity contribution in [3.05, 3.63) is 94.7 Å².